The van der Waals surface area contributed by atoms with Crippen LogP contribution in [0.1, 0.15) is 0 Å². The zero-order valence-electron chi connectivity index (χ0n) is 7.95. The molecule has 0 bridgehead atoms. The first-order chi connectivity index (χ1) is 7.54. The molecule has 0 unspecified atom stereocenters. The number of aromatic nitrogens is 2. The van der Waals surface area contributed by atoms with Crippen molar-refractivity contribution in [3.63, 3.8) is 0 Å². The van der Waals surface area contributed by atoms with Crippen LogP contribution in [0, 0.1) is 0 Å². The molecule has 0 atom stereocenters. The Morgan fingerprint density at radius 3 is 2.31 bits per heavy atom. The molecule has 2 rings (SSSR count). The first-order valence-electron chi connectivity index (χ1n) is 4.39. The predicted octanol–water partition coefficient (Wildman–Crippen LogP) is 3.69. The number of thioether (sulfide) groups is 1. The maximum Gasteiger partial charge on any atom is 0.446 e. The minimum absolute atomic E-state index is 0.119. The van der Waals surface area contributed by atoms with Gasteiger partial charge in [0.05, 0.1) is 18.2 Å². The molecule has 6 heteroatoms. The molecule has 1 heterocycles. The maximum atomic E-state index is 12.1. The van der Waals surface area contributed by atoms with Crippen LogP contribution in [-0.2, 0) is 0 Å². The Balaban J connectivity index is 2.17. The lowest BCUT2D eigenvalue weighted by Crippen LogP contribution is -1.98. The average Bonchev–Trinajstić information content (AvgIpc) is 2.69. The van der Waals surface area contributed by atoms with Crippen LogP contribution in [0.5, 0.6) is 0 Å². The molecule has 0 amide bonds. The zero-order valence-corrected chi connectivity index (χ0v) is 8.77. The van der Waals surface area contributed by atoms with E-state index in [-0.39, 0.29) is 16.7 Å². The third-order valence-electron chi connectivity index (χ3n) is 1.90. The third kappa shape index (κ3) is 2.79. The van der Waals surface area contributed by atoms with Gasteiger partial charge in [0, 0.05) is 4.90 Å². The monoisotopic (exact) mass is 244 g/mol. The molecule has 2 aromatic rings. The summed E-state index contributed by atoms with van der Waals surface area (Å²) >= 11 is -0.119. The maximum absolute atomic E-state index is 12.1. The Kier molecular flexibility index (Phi) is 2.91. The molecule has 0 fully saturated rings. The molecule has 0 aliphatic rings. The number of alkyl halides is 3. The van der Waals surface area contributed by atoms with Crippen LogP contribution in [0.2, 0.25) is 0 Å². The summed E-state index contributed by atoms with van der Waals surface area (Å²) in [6, 6.07) is 6.13. The van der Waals surface area contributed by atoms with Crippen molar-refractivity contribution >= 4 is 11.8 Å². The summed E-state index contributed by atoms with van der Waals surface area (Å²) in [6.07, 6.45) is 3.14. The second-order valence-electron chi connectivity index (χ2n) is 3.04. The summed E-state index contributed by atoms with van der Waals surface area (Å²) in [6.45, 7) is 0. The summed E-state index contributed by atoms with van der Waals surface area (Å²) in [7, 11) is 0. The largest absolute Gasteiger partial charge is 0.446 e. The van der Waals surface area contributed by atoms with Crippen molar-refractivity contribution in [3.05, 3.63) is 36.8 Å². The number of rotatable bonds is 2. The van der Waals surface area contributed by atoms with Crippen LogP contribution in [0.3, 0.4) is 0 Å². The highest BCUT2D eigenvalue weighted by Crippen LogP contribution is 2.37. The topological polar surface area (TPSA) is 28.7 Å². The van der Waals surface area contributed by atoms with Crippen molar-refractivity contribution in [1.29, 1.82) is 0 Å². The molecule has 16 heavy (non-hydrogen) atoms. The van der Waals surface area contributed by atoms with Crippen molar-refractivity contribution < 1.29 is 13.2 Å². The molecule has 1 aromatic carbocycles. The fraction of sp³-hybridized carbons (Fsp3) is 0.100. The molecule has 2 nitrogen and oxygen atoms in total. The SMILES string of the molecule is FC(F)(F)Sc1ccc(-c2cnc[nH]2)cc1. The Hall–Kier alpha value is -1.43. The normalized spacial score (nSPS) is 11.7. The quantitative estimate of drug-likeness (QED) is 0.816. The highest BCUT2D eigenvalue weighted by molar-refractivity contribution is 8.00. The van der Waals surface area contributed by atoms with E-state index >= 15 is 0 Å². The molecule has 0 saturated heterocycles. The highest BCUT2D eigenvalue weighted by atomic mass is 32.2. The molecule has 0 radical (unpaired) electrons. The first kappa shape index (κ1) is 11.1. The number of hydrogen-bond acceptors (Lipinski definition) is 2. The molecule has 0 spiro atoms. The number of nitrogens with one attached hydrogen (secondary N) is 1. The second kappa shape index (κ2) is 4.21. The molecule has 0 aliphatic heterocycles. The number of aromatic amines is 1. The zero-order chi connectivity index (χ0) is 11.6. The van der Waals surface area contributed by atoms with E-state index in [2.05, 4.69) is 9.97 Å². The fourth-order valence-electron chi connectivity index (χ4n) is 1.25. The third-order valence-corrected chi connectivity index (χ3v) is 2.64. The smallest absolute Gasteiger partial charge is 0.345 e. The summed E-state index contributed by atoms with van der Waals surface area (Å²) < 4.78 is 36.2. The molecule has 1 N–H and O–H groups in total. The van der Waals surface area contributed by atoms with E-state index in [0.29, 0.717) is 0 Å². The van der Waals surface area contributed by atoms with E-state index in [0.717, 1.165) is 11.3 Å². The number of halogens is 3. The number of nitrogens with zero attached hydrogens (tertiary/aromatic N) is 1. The van der Waals surface area contributed by atoms with E-state index in [9.17, 15) is 13.2 Å². The summed E-state index contributed by atoms with van der Waals surface area (Å²) in [5, 5.41) is 0. The first-order valence-corrected chi connectivity index (χ1v) is 5.21. The van der Waals surface area contributed by atoms with Gasteiger partial charge in [0.15, 0.2) is 0 Å². The van der Waals surface area contributed by atoms with Crippen molar-refractivity contribution in [2.24, 2.45) is 0 Å². The van der Waals surface area contributed by atoms with E-state index < -0.39 is 5.51 Å². The molecule has 84 valence electrons. The molecular formula is C10H7F3N2S. The van der Waals surface area contributed by atoms with Gasteiger partial charge < -0.3 is 4.98 Å². The Labute approximate surface area is 93.9 Å². The van der Waals surface area contributed by atoms with E-state index in [1.165, 1.54) is 18.5 Å². The van der Waals surface area contributed by atoms with E-state index in [1.54, 1.807) is 18.3 Å². The lowest BCUT2D eigenvalue weighted by atomic mass is 10.2. The summed E-state index contributed by atoms with van der Waals surface area (Å²) in [4.78, 5) is 6.90. The average molecular weight is 244 g/mol. The van der Waals surface area contributed by atoms with Crippen LogP contribution in [0.4, 0.5) is 13.2 Å². The van der Waals surface area contributed by atoms with Crippen LogP contribution in [0.15, 0.2) is 41.7 Å². The number of H-pyrrole nitrogens is 1. The summed E-state index contributed by atoms with van der Waals surface area (Å²) in [5.74, 6) is 0. The minimum atomic E-state index is -4.24. The van der Waals surface area contributed by atoms with Crippen LogP contribution < -0.4 is 0 Å². The molecule has 1 aromatic heterocycles. The standard InChI is InChI=1S/C10H7F3N2S/c11-10(12,13)16-8-3-1-7(2-4-8)9-5-14-6-15-9/h1-6H,(H,14,15). The number of hydrogen-bond donors (Lipinski definition) is 1. The van der Waals surface area contributed by atoms with Gasteiger partial charge in [0.1, 0.15) is 0 Å². The lowest BCUT2D eigenvalue weighted by Gasteiger charge is -2.05. The van der Waals surface area contributed by atoms with Crippen LogP contribution in [0.25, 0.3) is 11.3 Å². The van der Waals surface area contributed by atoms with E-state index in [4.69, 9.17) is 0 Å². The van der Waals surface area contributed by atoms with Crippen molar-refractivity contribution in [2.75, 3.05) is 0 Å². The van der Waals surface area contributed by atoms with Gasteiger partial charge in [-0.25, -0.2) is 4.98 Å². The van der Waals surface area contributed by atoms with Gasteiger partial charge in [0.2, 0.25) is 0 Å². The Bertz CT molecular complexity index is 448. The van der Waals surface area contributed by atoms with Gasteiger partial charge in [-0.05, 0) is 29.5 Å². The predicted molar refractivity (Wildman–Crippen MR) is 55.9 cm³/mol. The van der Waals surface area contributed by atoms with Gasteiger partial charge in [-0.2, -0.15) is 13.2 Å². The van der Waals surface area contributed by atoms with Gasteiger partial charge in [-0.3, -0.25) is 0 Å². The molecular weight excluding hydrogens is 237 g/mol. The van der Waals surface area contributed by atoms with Gasteiger partial charge in [-0.1, -0.05) is 12.1 Å². The molecule has 0 aliphatic carbocycles. The van der Waals surface area contributed by atoms with Gasteiger partial charge in [0.25, 0.3) is 0 Å². The highest BCUT2D eigenvalue weighted by Gasteiger charge is 2.28. The van der Waals surface area contributed by atoms with Crippen LogP contribution in [-0.4, -0.2) is 15.5 Å². The number of benzene rings is 1. The second-order valence-corrected chi connectivity index (χ2v) is 4.18. The summed E-state index contributed by atoms with van der Waals surface area (Å²) in [5.41, 5.74) is -2.65. The Morgan fingerprint density at radius 2 is 1.81 bits per heavy atom. The van der Waals surface area contributed by atoms with Crippen molar-refractivity contribution in [3.8, 4) is 11.3 Å². The fourth-order valence-corrected chi connectivity index (χ4v) is 1.79. The Morgan fingerprint density at radius 1 is 1.12 bits per heavy atom. The lowest BCUT2D eigenvalue weighted by molar-refractivity contribution is -0.0328. The van der Waals surface area contributed by atoms with Gasteiger partial charge >= 0.3 is 5.51 Å². The van der Waals surface area contributed by atoms with E-state index in [1.807, 2.05) is 0 Å². The van der Waals surface area contributed by atoms with Gasteiger partial charge in [-0.15, -0.1) is 0 Å². The van der Waals surface area contributed by atoms with Crippen molar-refractivity contribution in [1.82, 2.24) is 9.97 Å². The minimum Gasteiger partial charge on any atom is -0.345 e. The number of imidazole rings is 1. The van der Waals surface area contributed by atoms with Crippen LogP contribution >= 0.6 is 11.8 Å². The van der Waals surface area contributed by atoms with Crippen molar-refractivity contribution in [2.45, 2.75) is 10.4 Å². The molecule has 0 saturated carbocycles.